The van der Waals surface area contributed by atoms with Crippen molar-refractivity contribution >= 4 is 22.7 Å². The number of benzene rings is 1. The van der Waals surface area contributed by atoms with Crippen LogP contribution >= 0.6 is 0 Å². The fourth-order valence-corrected chi connectivity index (χ4v) is 7.91. The van der Waals surface area contributed by atoms with Gasteiger partial charge in [-0.05, 0) is 55.1 Å². The standard InChI is InChI=1S/C30H36O6/c1-6-28(4)15-23(36-27(34)20-16-35-22-10-8-7-9-19(22)24(20)32)29(5)17(2)11-13-30(18(3)26(28)33)14-12-21(31)25(29)30/h6-10,16-18,23,25-26,33H,1,11-15H2,2-5H3/t17-,18+,23-,25?,26+,28-,29+,30?/m1/s1. The van der Waals surface area contributed by atoms with E-state index >= 15 is 0 Å². The highest BCUT2D eigenvalue weighted by molar-refractivity contribution is 5.93. The minimum Gasteiger partial charge on any atom is -0.463 e. The molecule has 0 saturated heterocycles. The largest absolute Gasteiger partial charge is 0.463 e. The molecule has 1 heterocycles. The minimum atomic E-state index is -0.760. The molecule has 3 aliphatic carbocycles. The molecule has 0 amide bonds. The number of hydrogen-bond acceptors (Lipinski definition) is 6. The molecule has 2 aromatic rings. The number of Topliss-reactive ketones (excluding diaryl/α,β-unsaturated/α-hetero) is 1. The third-order valence-corrected chi connectivity index (χ3v) is 10.5. The van der Waals surface area contributed by atoms with Crippen molar-refractivity contribution < 1.29 is 23.8 Å². The van der Waals surface area contributed by atoms with Gasteiger partial charge in [0.05, 0.1) is 11.5 Å². The Bertz CT molecular complexity index is 1290. The van der Waals surface area contributed by atoms with Gasteiger partial charge in [0.25, 0.3) is 0 Å². The molecule has 1 aromatic heterocycles. The summed E-state index contributed by atoms with van der Waals surface area (Å²) >= 11 is 0. The number of aliphatic hydroxyl groups excluding tert-OH is 1. The van der Waals surface area contributed by atoms with Crippen LogP contribution in [0.1, 0.15) is 70.2 Å². The molecular weight excluding hydrogens is 456 g/mol. The number of ketones is 1. The van der Waals surface area contributed by atoms with Crippen LogP contribution in [-0.2, 0) is 9.53 Å². The lowest BCUT2D eigenvalue weighted by molar-refractivity contribution is -0.192. The quantitative estimate of drug-likeness (QED) is 0.461. The van der Waals surface area contributed by atoms with Crippen LogP contribution in [0.4, 0.5) is 0 Å². The molecule has 2 unspecified atom stereocenters. The third-order valence-electron chi connectivity index (χ3n) is 10.5. The second-order valence-corrected chi connectivity index (χ2v) is 12.0. The fraction of sp³-hybridized carbons (Fsp3) is 0.567. The fourth-order valence-electron chi connectivity index (χ4n) is 7.91. The van der Waals surface area contributed by atoms with E-state index in [0.29, 0.717) is 23.8 Å². The molecular formula is C30H36O6. The number of fused-ring (bicyclic) bond motifs is 1. The number of carbonyl (C=O) groups excluding carboxylic acids is 2. The molecule has 0 radical (unpaired) electrons. The molecule has 5 rings (SSSR count). The van der Waals surface area contributed by atoms with Crippen molar-refractivity contribution in [2.24, 2.45) is 34.0 Å². The van der Waals surface area contributed by atoms with Gasteiger partial charge in [-0.2, -0.15) is 0 Å². The summed E-state index contributed by atoms with van der Waals surface area (Å²) in [6.45, 7) is 12.3. The lowest BCUT2D eigenvalue weighted by Crippen LogP contribution is -2.63. The Balaban J connectivity index is 1.63. The number of ether oxygens (including phenoxy) is 1. The molecule has 192 valence electrons. The first-order valence-corrected chi connectivity index (χ1v) is 13.1. The Labute approximate surface area is 211 Å². The van der Waals surface area contributed by atoms with Crippen LogP contribution in [0.2, 0.25) is 0 Å². The summed E-state index contributed by atoms with van der Waals surface area (Å²) in [5.74, 6) is -0.882. The van der Waals surface area contributed by atoms with Gasteiger partial charge in [0, 0.05) is 23.2 Å². The highest BCUT2D eigenvalue weighted by Crippen LogP contribution is 2.68. The summed E-state index contributed by atoms with van der Waals surface area (Å²) in [5, 5.41) is 11.9. The van der Waals surface area contributed by atoms with Crippen molar-refractivity contribution in [3.05, 3.63) is 59.0 Å². The predicted molar refractivity (Wildman–Crippen MR) is 136 cm³/mol. The number of hydrogen-bond donors (Lipinski definition) is 1. The molecule has 8 atom stereocenters. The molecule has 6 nitrogen and oxygen atoms in total. The highest BCUT2D eigenvalue weighted by atomic mass is 16.5. The number of esters is 1. The lowest BCUT2D eigenvalue weighted by Gasteiger charge is -2.61. The predicted octanol–water partition coefficient (Wildman–Crippen LogP) is 5.31. The Morgan fingerprint density at radius 3 is 2.64 bits per heavy atom. The SMILES string of the molecule is C=C[C@]1(C)C[C@@H](OC(=O)c2coc3ccccc3c2=O)[C@@]2(C)C3C(=O)CCC3(CC[C@H]2C)[C@@H](C)[C@@H]1O. The normalized spacial score (nSPS) is 40.2. The first-order chi connectivity index (χ1) is 17.0. The smallest absolute Gasteiger partial charge is 0.345 e. The van der Waals surface area contributed by atoms with Crippen LogP contribution in [0.25, 0.3) is 11.0 Å². The summed E-state index contributed by atoms with van der Waals surface area (Å²) in [6.07, 6.45) is 4.76. The van der Waals surface area contributed by atoms with Gasteiger partial charge in [-0.3, -0.25) is 9.59 Å². The monoisotopic (exact) mass is 492 g/mol. The molecule has 3 saturated carbocycles. The van der Waals surface area contributed by atoms with Crippen molar-refractivity contribution in [3.63, 3.8) is 0 Å². The summed E-state index contributed by atoms with van der Waals surface area (Å²) < 4.78 is 11.8. The Morgan fingerprint density at radius 1 is 1.19 bits per heavy atom. The summed E-state index contributed by atoms with van der Waals surface area (Å²) in [5.41, 5.74) is -1.94. The van der Waals surface area contributed by atoms with E-state index in [2.05, 4.69) is 27.4 Å². The average Bonchev–Trinajstić information content (AvgIpc) is 3.23. The van der Waals surface area contributed by atoms with Gasteiger partial charge in [0.15, 0.2) is 0 Å². The van der Waals surface area contributed by atoms with Gasteiger partial charge in [-0.25, -0.2) is 4.79 Å². The summed E-state index contributed by atoms with van der Waals surface area (Å²) in [7, 11) is 0. The zero-order valence-electron chi connectivity index (χ0n) is 21.6. The number of carbonyl (C=O) groups is 2. The van der Waals surface area contributed by atoms with Gasteiger partial charge >= 0.3 is 5.97 Å². The molecule has 1 aromatic carbocycles. The highest BCUT2D eigenvalue weighted by Gasteiger charge is 2.68. The third kappa shape index (κ3) is 3.29. The van der Waals surface area contributed by atoms with Gasteiger partial charge in [-0.1, -0.05) is 45.9 Å². The number of para-hydroxylation sites is 1. The van der Waals surface area contributed by atoms with Gasteiger partial charge in [0.2, 0.25) is 5.43 Å². The maximum atomic E-state index is 13.5. The van der Waals surface area contributed by atoms with Gasteiger partial charge < -0.3 is 14.3 Å². The Kier molecular flexibility index (Phi) is 5.82. The summed E-state index contributed by atoms with van der Waals surface area (Å²) in [6, 6.07) is 6.78. The van der Waals surface area contributed by atoms with Crippen molar-refractivity contribution in [2.75, 3.05) is 0 Å². The van der Waals surface area contributed by atoms with Crippen LogP contribution in [0.3, 0.4) is 0 Å². The minimum absolute atomic E-state index is 0.104. The molecule has 3 fully saturated rings. The number of rotatable bonds is 3. The average molecular weight is 493 g/mol. The van der Waals surface area contributed by atoms with Crippen LogP contribution in [-0.4, -0.2) is 29.1 Å². The van der Waals surface area contributed by atoms with Crippen LogP contribution < -0.4 is 5.43 Å². The molecule has 0 aliphatic heterocycles. The van der Waals surface area contributed by atoms with Gasteiger partial charge in [0.1, 0.15) is 29.3 Å². The van der Waals surface area contributed by atoms with Crippen molar-refractivity contribution in [1.82, 2.24) is 0 Å². The van der Waals surface area contributed by atoms with E-state index in [1.165, 1.54) is 0 Å². The molecule has 36 heavy (non-hydrogen) atoms. The van der Waals surface area contributed by atoms with E-state index < -0.39 is 34.4 Å². The van der Waals surface area contributed by atoms with E-state index in [4.69, 9.17) is 9.15 Å². The van der Waals surface area contributed by atoms with E-state index in [-0.39, 0.29) is 34.5 Å². The van der Waals surface area contributed by atoms with E-state index in [0.717, 1.165) is 25.5 Å². The van der Waals surface area contributed by atoms with Gasteiger partial charge in [-0.15, -0.1) is 6.58 Å². The van der Waals surface area contributed by atoms with Crippen LogP contribution in [0, 0.1) is 34.0 Å². The molecule has 0 spiro atoms. The summed E-state index contributed by atoms with van der Waals surface area (Å²) in [4.78, 5) is 40.2. The topological polar surface area (TPSA) is 93.8 Å². The maximum absolute atomic E-state index is 13.5. The zero-order chi connectivity index (χ0) is 26.0. The Morgan fingerprint density at radius 2 is 1.92 bits per heavy atom. The second-order valence-electron chi connectivity index (χ2n) is 12.0. The molecule has 2 bridgehead atoms. The lowest BCUT2D eigenvalue weighted by atomic mass is 9.44. The maximum Gasteiger partial charge on any atom is 0.345 e. The van der Waals surface area contributed by atoms with E-state index in [1.807, 2.05) is 6.92 Å². The van der Waals surface area contributed by atoms with Crippen LogP contribution in [0.15, 0.2) is 52.4 Å². The van der Waals surface area contributed by atoms with E-state index in [9.17, 15) is 19.5 Å². The molecule has 1 N–H and O–H groups in total. The molecule has 3 aliphatic rings. The number of aliphatic hydroxyl groups is 1. The van der Waals surface area contributed by atoms with Crippen LogP contribution in [0.5, 0.6) is 0 Å². The second kappa shape index (κ2) is 8.41. The first-order valence-electron chi connectivity index (χ1n) is 13.1. The molecule has 6 heteroatoms. The Hall–Kier alpha value is -2.73. The van der Waals surface area contributed by atoms with Crippen molar-refractivity contribution in [1.29, 1.82) is 0 Å². The first kappa shape index (κ1) is 24.9. The van der Waals surface area contributed by atoms with E-state index in [1.54, 1.807) is 30.3 Å². The zero-order valence-corrected chi connectivity index (χ0v) is 21.6. The van der Waals surface area contributed by atoms with Crippen molar-refractivity contribution in [2.45, 2.75) is 72.0 Å². The van der Waals surface area contributed by atoms with Crippen molar-refractivity contribution in [3.8, 4) is 0 Å².